The summed E-state index contributed by atoms with van der Waals surface area (Å²) in [5.41, 5.74) is 1.63. The molecule has 0 heterocycles. The van der Waals surface area contributed by atoms with Crippen LogP contribution in [0.15, 0.2) is 52.5 Å². The molecule has 0 amide bonds. The molecule has 1 aliphatic rings. The topological polar surface area (TPSA) is 12.4 Å². The smallest absolute Gasteiger partial charge is 0.104 e. The van der Waals surface area contributed by atoms with Gasteiger partial charge in [-0.05, 0) is 31.4 Å². The Labute approximate surface area is 77.7 Å². The number of aliphatic imine (C=N–C) groups is 1. The molecule has 0 bridgehead atoms. The van der Waals surface area contributed by atoms with Crippen molar-refractivity contribution in [3.05, 3.63) is 47.5 Å². The van der Waals surface area contributed by atoms with Gasteiger partial charge < -0.3 is 0 Å². The molecule has 13 heavy (non-hydrogen) atoms. The van der Waals surface area contributed by atoms with Crippen molar-refractivity contribution in [3.8, 4) is 0 Å². The summed E-state index contributed by atoms with van der Waals surface area (Å²) in [6.07, 6.45) is 8.99. The lowest BCUT2D eigenvalue weighted by Gasteiger charge is -1.98. The van der Waals surface area contributed by atoms with Crippen molar-refractivity contribution in [2.45, 2.75) is 13.3 Å². The first-order valence-electron chi connectivity index (χ1n) is 4.14. The highest BCUT2D eigenvalue weighted by atomic mass is 19.1. The average molecular weight is 177 g/mol. The van der Waals surface area contributed by atoms with Crippen LogP contribution in [0, 0.1) is 0 Å². The number of allylic oxidation sites excluding steroid dienone is 6. The van der Waals surface area contributed by atoms with Gasteiger partial charge in [-0.3, -0.25) is 4.99 Å². The number of nitrogens with zero attached hydrogens (tertiary/aromatic N) is 1. The quantitative estimate of drug-likeness (QED) is 0.574. The molecule has 68 valence electrons. The Morgan fingerprint density at radius 1 is 1.54 bits per heavy atom. The molecule has 1 nitrogen and oxygen atoms in total. The number of hydrogen-bond acceptors (Lipinski definition) is 1. The van der Waals surface area contributed by atoms with Gasteiger partial charge >= 0.3 is 0 Å². The van der Waals surface area contributed by atoms with Crippen LogP contribution in [0.25, 0.3) is 0 Å². The van der Waals surface area contributed by atoms with Crippen molar-refractivity contribution in [2.75, 3.05) is 0 Å². The van der Waals surface area contributed by atoms with Gasteiger partial charge in [0, 0.05) is 6.42 Å². The zero-order valence-corrected chi connectivity index (χ0v) is 7.63. The van der Waals surface area contributed by atoms with E-state index in [1.165, 1.54) is 6.08 Å². The monoisotopic (exact) mass is 177 g/mol. The summed E-state index contributed by atoms with van der Waals surface area (Å²) in [7, 11) is 0. The highest BCUT2D eigenvalue weighted by molar-refractivity contribution is 5.47. The van der Waals surface area contributed by atoms with Crippen LogP contribution in [0.5, 0.6) is 0 Å². The van der Waals surface area contributed by atoms with Crippen molar-refractivity contribution in [1.29, 1.82) is 0 Å². The Hall–Kier alpha value is -1.44. The van der Waals surface area contributed by atoms with Crippen LogP contribution in [0.2, 0.25) is 0 Å². The van der Waals surface area contributed by atoms with Crippen LogP contribution < -0.4 is 0 Å². The minimum absolute atomic E-state index is 0.152. The van der Waals surface area contributed by atoms with E-state index < -0.39 is 0 Å². The van der Waals surface area contributed by atoms with Crippen LogP contribution in [0.1, 0.15) is 13.3 Å². The molecular formula is C11H12FN. The zero-order valence-electron chi connectivity index (χ0n) is 7.63. The van der Waals surface area contributed by atoms with E-state index in [0.29, 0.717) is 12.1 Å². The van der Waals surface area contributed by atoms with Crippen LogP contribution in [-0.4, -0.2) is 6.72 Å². The molecule has 0 aromatic heterocycles. The van der Waals surface area contributed by atoms with Crippen LogP contribution in [0.4, 0.5) is 4.39 Å². The van der Waals surface area contributed by atoms with Gasteiger partial charge in [-0.25, -0.2) is 4.39 Å². The molecule has 2 heteroatoms. The molecule has 0 atom stereocenters. The molecule has 0 fully saturated rings. The van der Waals surface area contributed by atoms with E-state index >= 15 is 0 Å². The highest BCUT2D eigenvalue weighted by Gasteiger charge is 2.03. The van der Waals surface area contributed by atoms with Gasteiger partial charge in [0.25, 0.3) is 0 Å². The third-order valence-corrected chi connectivity index (χ3v) is 1.75. The summed E-state index contributed by atoms with van der Waals surface area (Å²) in [5, 5.41) is 0. The molecule has 0 aromatic carbocycles. The Morgan fingerprint density at radius 2 is 2.31 bits per heavy atom. The largest absolute Gasteiger partial charge is 0.264 e. The first kappa shape index (κ1) is 9.65. The second kappa shape index (κ2) is 4.55. The van der Waals surface area contributed by atoms with Gasteiger partial charge in [0.2, 0.25) is 0 Å². The molecule has 0 spiro atoms. The minimum atomic E-state index is -0.152. The maximum atomic E-state index is 12.9. The van der Waals surface area contributed by atoms with E-state index in [4.69, 9.17) is 0 Å². The van der Waals surface area contributed by atoms with Gasteiger partial charge in [-0.15, -0.1) is 0 Å². The lowest BCUT2D eigenvalue weighted by molar-refractivity contribution is 0.618. The van der Waals surface area contributed by atoms with E-state index in [-0.39, 0.29) is 5.83 Å². The summed E-state index contributed by atoms with van der Waals surface area (Å²) in [4.78, 5) is 3.82. The molecular weight excluding hydrogens is 165 g/mol. The van der Waals surface area contributed by atoms with E-state index in [2.05, 4.69) is 11.7 Å². The maximum Gasteiger partial charge on any atom is 0.104 e. The second-order valence-corrected chi connectivity index (χ2v) is 2.69. The Balaban J connectivity index is 3.02. The predicted molar refractivity (Wildman–Crippen MR) is 54.3 cm³/mol. The maximum absolute atomic E-state index is 12.9. The number of halogens is 1. The second-order valence-electron chi connectivity index (χ2n) is 2.69. The van der Waals surface area contributed by atoms with Crippen LogP contribution >= 0.6 is 0 Å². The summed E-state index contributed by atoms with van der Waals surface area (Å²) < 4.78 is 12.9. The molecule has 1 aliphatic carbocycles. The number of hydrogen-bond donors (Lipinski definition) is 0. The molecule has 0 unspecified atom stereocenters. The zero-order chi connectivity index (χ0) is 9.68. The first-order valence-corrected chi connectivity index (χ1v) is 4.14. The van der Waals surface area contributed by atoms with Crippen LogP contribution in [-0.2, 0) is 0 Å². The number of rotatable bonds is 2. The Kier molecular flexibility index (Phi) is 3.38. The molecule has 0 aromatic rings. The van der Waals surface area contributed by atoms with Gasteiger partial charge in [0.05, 0.1) is 5.70 Å². The average Bonchev–Trinajstić information content (AvgIpc) is 2.30. The van der Waals surface area contributed by atoms with Gasteiger partial charge in [-0.1, -0.05) is 18.2 Å². The molecule has 0 radical (unpaired) electrons. The van der Waals surface area contributed by atoms with Crippen molar-refractivity contribution in [2.24, 2.45) is 4.99 Å². The standard InChI is InChI=1S/C11H12FN/c1-3-4-9-5-6-10(12)7-8-11(9)13-2/h3-5,7-8H,2,6H2,1H3/b4-3-. The Morgan fingerprint density at radius 3 is 2.92 bits per heavy atom. The fourth-order valence-corrected chi connectivity index (χ4v) is 1.12. The third-order valence-electron chi connectivity index (χ3n) is 1.75. The van der Waals surface area contributed by atoms with Gasteiger partial charge in [-0.2, -0.15) is 0 Å². The lowest BCUT2D eigenvalue weighted by Crippen LogP contribution is -1.81. The van der Waals surface area contributed by atoms with E-state index in [0.717, 1.165) is 5.57 Å². The minimum Gasteiger partial charge on any atom is -0.264 e. The fourth-order valence-electron chi connectivity index (χ4n) is 1.12. The summed E-state index contributed by atoms with van der Waals surface area (Å²) >= 11 is 0. The summed E-state index contributed by atoms with van der Waals surface area (Å²) in [5.74, 6) is -0.152. The molecule has 0 N–H and O–H groups in total. The summed E-state index contributed by atoms with van der Waals surface area (Å²) in [6, 6.07) is 0. The van der Waals surface area contributed by atoms with Crippen LogP contribution in [0.3, 0.4) is 0 Å². The lowest BCUT2D eigenvalue weighted by atomic mass is 10.1. The van der Waals surface area contributed by atoms with Crippen molar-refractivity contribution < 1.29 is 4.39 Å². The molecule has 0 aliphatic heterocycles. The predicted octanol–water partition coefficient (Wildman–Crippen LogP) is 3.33. The first-order chi connectivity index (χ1) is 6.27. The summed E-state index contributed by atoms with van der Waals surface area (Å²) in [6.45, 7) is 5.35. The molecule has 0 saturated heterocycles. The van der Waals surface area contributed by atoms with Crippen molar-refractivity contribution >= 4 is 6.72 Å². The molecule has 0 saturated carbocycles. The SMILES string of the molecule is C=NC1=CC=C(F)CC=C1/C=C\C. The fraction of sp³-hybridized carbons (Fsp3) is 0.182. The van der Waals surface area contributed by atoms with E-state index in [9.17, 15) is 4.39 Å². The highest BCUT2D eigenvalue weighted by Crippen LogP contribution is 2.20. The van der Waals surface area contributed by atoms with Crippen molar-refractivity contribution in [3.63, 3.8) is 0 Å². The Bertz CT molecular complexity index is 319. The third kappa shape index (κ3) is 2.51. The van der Waals surface area contributed by atoms with Gasteiger partial charge in [0.1, 0.15) is 5.83 Å². The normalized spacial score (nSPS) is 17.5. The van der Waals surface area contributed by atoms with E-state index in [1.807, 2.05) is 19.1 Å². The molecule has 1 rings (SSSR count). The van der Waals surface area contributed by atoms with Crippen molar-refractivity contribution in [1.82, 2.24) is 0 Å². The van der Waals surface area contributed by atoms with Gasteiger partial charge in [0.15, 0.2) is 0 Å². The van der Waals surface area contributed by atoms with E-state index in [1.54, 1.807) is 12.2 Å².